The highest BCUT2D eigenvalue weighted by atomic mass is 32.1. The van der Waals surface area contributed by atoms with Gasteiger partial charge >= 0.3 is 0 Å². The molecule has 0 radical (unpaired) electrons. The Morgan fingerprint density at radius 3 is 3.16 bits per heavy atom. The molecule has 1 saturated heterocycles. The van der Waals surface area contributed by atoms with Crippen LogP contribution >= 0.6 is 11.3 Å². The topological polar surface area (TPSA) is 69.6 Å². The average molecular weight is 278 g/mol. The molecule has 1 aliphatic heterocycles. The molecule has 2 amide bonds. The Morgan fingerprint density at radius 2 is 2.37 bits per heavy atom. The van der Waals surface area contributed by atoms with E-state index in [1.54, 1.807) is 16.3 Å². The molecule has 2 N–H and O–H groups in total. The van der Waals surface area contributed by atoms with Gasteiger partial charge in [0.15, 0.2) is 0 Å². The number of amides is 2. The minimum absolute atomic E-state index is 0.0184. The smallest absolute Gasteiger partial charge is 0.254 e. The van der Waals surface area contributed by atoms with E-state index < -0.39 is 0 Å². The number of carbonyl (C=O) groups is 2. The number of nitrogens with zero attached hydrogens (tertiary/aromatic N) is 1. The molecule has 2 heterocycles. The number of rotatable bonds is 1. The zero-order valence-electron chi connectivity index (χ0n) is 10.3. The van der Waals surface area contributed by atoms with Gasteiger partial charge in [0.1, 0.15) is 6.61 Å². The number of aliphatic hydroxyl groups is 1. The van der Waals surface area contributed by atoms with Crippen LogP contribution in [0, 0.1) is 11.8 Å². The number of thiophene rings is 1. The van der Waals surface area contributed by atoms with Gasteiger partial charge in [-0.25, -0.2) is 0 Å². The molecular weight excluding hydrogens is 264 g/mol. The summed E-state index contributed by atoms with van der Waals surface area (Å²) in [5.74, 6) is 5.22. The number of hydrogen-bond donors (Lipinski definition) is 2. The fraction of sp³-hybridized carbons (Fsp3) is 0.385. The van der Waals surface area contributed by atoms with Crippen molar-refractivity contribution in [3.8, 4) is 11.8 Å². The van der Waals surface area contributed by atoms with Crippen LogP contribution in [0.1, 0.15) is 21.7 Å². The molecule has 5 nitrogen and oxygen atoms in total. The van der Waals surface area contributed by atoms with E-state index in [4.69, 9.17) is 5.11 Å². The van der Waals surface area contributed by atoms with Gasteiger partial charge in [-0.15, -0.1) is 11.3 Å². The van der Waals surface area contributed by atoms with Crippen molar-refractivity contribution in [2.45, 2.75) is 6.42 Å². The lowest BCUT2D eigenvalue weighted by molar-refractivity contribution is -0.120. The second kappa shape index (κ2) is 6.36. The maximum absolute atomic E-state index is 12.2. The zero-order valence-corrected chi connectivity index (χ0v) is 11.1. The summed E-state index contributed by atoms with van der Waals surface area (Å²) in [6, 6.07) is 1.72. The number of hydrogen-bond acceptors (Lipinski definition) is 4. The molecule has 0 bridgehead atoms. The summed E-state index contributed by atoms with van der Waals surface area (Å²) in [6.07, 6.45) is 0.340. The SMILES string of the molecule is O=C1CCN(C(=O)c2csc(C#CCO)c2)CCN1. The van der Waals surface area contributed by atoms with Gasteiger partial charge in [-0.3, -0.25) is 9.59 Å². The van der Waals surface area contributed by atoms with Gasteiger partial charge in [0, 0.05) is 31.4 Å². The van der Waals surface area contributed by atoms with Gasteiger partial charge in [0.25, 0.3) is 5.91 Å². The van der Waals surface area contributed by atoms with Gasteiger partial charge in [-0.2, -0.15) is 0 Å². The average Bonchev–Trinajstić information content (AvgIpc) is 2.78. The van der Waals surface area contributed by atoms with Crippen LogP contribution in [0.25, 0.3) is 0 Å². The maximum Gasteiger partial charge on any atom is 0.254 e. The lowest BCUT2D eigenvalue weighted by Gasteiger charge is -2.18. The normalized spacial score (nSPS) is 15.2. The molecule has 1 fully saturated rings. The third-order valence-electron chi connectivity index (χ3n) is 2.74. The van der Waals surface area contributed by atoms with Crippen LogP contribution in [-0.4, -0.2) is 48.1 Å². The van der Waals surface area contributed by atoms with Crippen LogP contribution in [0.4, 0.5) is 0 Å². The standard InChI is InChI=1S/C13H14N2O3S/c16-7-1-2-11-8-10(9-19-11)13(18)15-5-3-12(17)14-4-6-15/h8-9,16H,3-7H2,(H,14,17). The second-order valence-corrected chi connectivity index (χ2v) is 4.96. The molecule has 0 aromatic carbocycles. The van der Waals surface area contributed by atoms with Gasteiger partial charge < -0.3 is 15.3 Å². The van der Waals surface area contributed by atoms with Crippen LogP contribution in [-0.2, 0) is 4.79 Å². The van der Waals surface area contributed by atoms with Crippen molar-refractivity contribution in [2.24, 2.45) is 0 Å². The Morgan fingerprint density at radius 1 is 1.53 bits per heavy atom. The summed E-state index contributed by atoms with van der Waals surface area (Å²) in [6.45, 7) is 1.27. The van der Waals surface area contributed by atoms with E-state index in [1.165, 1.54) is 11.3 Å². The van der Waals surface area contributed by atoms with Gasteiger partial charge in [0.05, 0.1) is 10.4 Å². The molecule has 0 atom stereocenters. The largest absolute Gasteiger partial charge is 0.384 e. The van der Waals surface area contributed by atoms with E-state index in [9.17, 15) is 9.59 Å². The molecule has 0 saturated carbocycles. The van der Waals surface area contributed by atoms with Gasteiger partial charge in [0.2, 0.25) is 5.91 Å². The van der Waals surface area contributed by atoms with Crippen molar-refractivity contribution in [1.82, 2.24) is 10.2 Å². The molecule has 6 heteroatoms. The lowest BCUT2D eigenvalue weighted by Crippen LogP contribution is -2.33. The molecule has 1 aliphatic rings. The lowest BCUT2D eigenvalue weighted by atomic mass is 10.2. The number of aliphatic hydroxyl groups excluding tert-OH is 1. The summed E-state index contributed by atoms with van der Waals surface area (Å²) in [5, 5.41) is 13.1. The molecule has 0 spiro atoms. The van der Waals surface area contributed by atoms with E-state index >= 15 is 0 Å². The Bertz CT molecular complexity index is 542. The molecule has 0 aliphatic carbocycles. The summed E-state index contributed by atoms with van der Waals surface area (Å²) >= 11 is 1.37. The quantitative estimate of drug-likeness (QED) is 0.713. The zero-order chi connectivity index (χ0) is 13.7. The first-order valence-corrected chi connectivity index (χ1v) is 6.83. The minimum atomic E-state index is -0.193. The summed E-state index contributed by atoms with van der Waals surface area (Å²) in [5.41, 5.74) is 0.585. The summed E-state index contributed by atoms with van der Waals surface area (Å²) in [4.78, 5) is 25.9. The van der Waals surface area contributed by atoms with E-state index in [2.05, 4.69) is 17.2 Å². The maximum atomic E-state index is 12.2. The first-order valence-electron chi connectivity index (χ1n) is 5.95. The van der Waals surface area contributed by atoms with Crippen LogP contribution in [0.3, 0.4) is 0 Å². The van der Waals surface area contributed by atoms with E-state index in [0.717, 1.165) is 4.88 Å². The molecule has 0 unspecified atom stereocenters. The molecule has 19 heavy (non-hydrogen) atoms. The Kier molecular flexibility index (Phi) is 4.55. The second-order valence-electron chi connectivity index (χ2n) is 4.05. The van der Waals surface area contributed by atoms with Crippen LogP contribution < -0.4 is 5.32 Å². The van der Waals surface area contributed by atoms with Crippen molar-refractivity contribution in [1.29, 1.82) is 0 Å². The highest BCUT2D eigenvalue weighted by Crippen LogP contribution is 2.16. The molecular formula is C13H14N2O3S. The van der Waals surface area contributed by atoms with Crippen molar-refractivity contribution in [3.63, 3.8) is 0 Å². The Hall–Kier alpha value is -1.84. The Balaban J connectivity index is 2.06. The third-order valence-corrected chi connectivity index (χ3v) is 3.58. The fourth-order valence-corrected chi connectivity index (χ4v) is 2.54. The summed E-state index contributed by atoms with van der Waals surface area (Å²) in [7, 11) is 0. The van der Waals surface area contributed by atoms with Crippen LogP contribution in [0.5, 0.6) is 0 Å². The highest BCUT2D eigenvalue weighted by molar-refractivity contribution is 7.10. The van der Waals surface area contributed by atoms with E-state index in [-0.39, 0.29) is 18.4 Å². The molecule has 1 aromatic rings. The van der Waals surface area contributed by atoms with Gasteiger partial charge in [-0.05, 0) is 6.07 Å². The molecule has 100 valence electrons. The van der Waals surface area contributed by atoms with Crippen molar-refractivity contribution in [2.75, 3.05) is 26.2 Å². The number of carbonyl (C=O) groups excluding carboxylic acids is 2. The van der Waals surface area contributed by atoms with Gasteiger partial charge in [-0.1, -0.05) is 11.8 Å². The fourth-order valence-electron chi connectivity index (χ4n) is 1.79. The highest BCUT2D eigenvalue weighted by Gasteiger charge is 2.20. The predicted octanol–water partition coefficient (Wildman–Crippen LogP) is 0.0540. The predicted molar refractivity (Wildman–Crippen MR) is 71.8 cm³/mol. The van der Waals surface area contributed by atoms with Crippen molar-refractivity contribution >= 4 is 23.2 Å². The summed E-state index contributed by atoms with van der Waals surface area (Å²) < 4.78 is 0. The monoisotopic (exact) mass is 278 g/mol. The van der Waals surface area contributed by atoms with Crippen molar-refractivity contribution in [3.05, 3.63) is 21.9 Å². The van der Waals surface area contributed by atoms with E-state index in [1.807, 2.05) is 0 Å². The number of nitrogens with one attached hydrogen (secondary N) is 1. The van der Waals surface area contributed by atoms with E-state index in [0.29, 0.717) is 31.6 Å². The van der Waals surface area contributed by atoms with Crippen molar-refractivity contribution < 1.29 is 14.7 Å². The molecule has 2 rings (SSSR count). The van der Waals surface area contributed by atoms with Crippen LogP contribution in [0.2, 0.25) is 0 Å². The minimum Gasteiger partial charge on any atom is -0.384 e. The molecule has 1 aromatic heterocycles. The van der Waals surface area contributed by atoms with Crippen LogP contribution in [0.15, 0.2) is 11.4 Å². The third kappa shape index (κ3) is 3.56. The first kappa shape index (κ1) is 13.6. The Labute approximate surface area is 115 Å². The first-order chi connectivity index (χ1) is 9.20.